The van der Waals surface area contributed by atoms with Crippen LogP contribution in [0.5, 0.6) is 0 Å². The van der Waals surface area contributed by atoms with Gasteiger partial charge in [-0.05, 0) is 32.4 Å². The molecule has 1 amide bonds. The van der Waals surface area contributed by atoms with Crippen molar-refractivity contribution in [2.24, 2.45) is 5.84 Å². The summed E-state index contributed by atoms with van der Waals surface area (Å²) in [6.07, 6.45) is 0.706. The first-order valence-corrected chi connectivity index (χ1v) is 6.41. The summed E-state index contributed by atoms with van der Waals surface area (Å²) in [5, 5.41) is 3.22. The van der Waals surface area contributed by atoms with Crippen LogP contribution in [0, 0.1) is 0 Å². The van der Waals surface area contributed by atoms with Crippen LogP contribution in [0.25, 0.3) is 0 Å². The van der Waals surface area contributed by atoms with Gasteiger partial charge in [-0.3, -0.25) is 4.79 Å². The average Bonchev–Trinajstić information content (AvgIpc) is 2.69. The number of ether oxygens (including phenoxy) is 1. The SMILES string of the molecule is CC1OCCC1(C)NC(=O)c1nc(NN)ccc1Cl. The molecule has 0 aromatic carbocycles. The third-order valence-corrected chi connectivity index (χ3v) is 3.80. The van der Waals surface area contributed by atoms with E-state index in [-0.39, 0.29) is 22.7 Å². The number of pyridine rings is 1. The highest BCUT2D eigenvalue weighted by atomic mass is 35.5. The number of amides is 1. The Kier molecular flexibility index (Phi) is 3.93. The van der Waals surface area contributed by atoms with Gasteiger partial charge in [-0.2, -0.15) is 0 Å². The zero-order valence-corrected chi connectivity index (χ0v) is 11.6. The Bertz CT molecular complexity index is 497. The minimum Gasteiger partial charge on any atom is -0.376 e. The lowest BCUT2D eigenvalue weighted by Crippen LogP contribution is -2.50. The van der Waals surface area contributed by atoms with Gasteiger partial charge in [0.15, 0.2) is 0 Å². The van der Waals surface area contributed by atoms with Crippen molar-refractivity contribution in [3.05, 3.63) is 22.8 Å². The van der Waals surface area contributed by atoms with Crippen LogP contribution in [0.15, 0.2) is 12.1 Å². The quantitative estimate of drug-likeness (QED) is 0.575. The Hall–Kier alpha value is -1.37. The number of aromatic nitrogens is 1. The molecule has 0 aliphatic carbocycles. The number of nitrogen functional groups attached to an aromatic ring is 1. The van der Waals surface area contributed by atoms with Crippen molar-refractivity contribution in [2.75, 3.05) is 12.0 Å². The molecule has 2 heterocycles. The van der Waals surface area contributed by atoms with Crippen LogP contribution in [0.4, 0.5) is 5.82 Å². The van der Waals surface area contributed by atoms with Gasteiger partial charge in [0.2, 0.25) is 0 Å². The molecule has 2 atom stereocenters. The van der Waals surface area contributed by atoms with E-state index < -0.39 is 5.54 Å². The zero-order valence-electron chi connectivity index (χ0n) is 10.9. The van der Waals surface area contributed by atoms with Crippen LogP contribution in [0.1, 0.15) is 30.8 Å². The predicted octanol–water partition coefficient (Wildman–Crippen LogP) is 1.32. The van der Waals surface area contributed by atoms with Crippen LogP contribution in [-0.4, -0.2) is 29.1 Å². The second-order valence-electron chi connectivity index (χ2n) is 4.81. The Morgan fingerprint density at radius 2 is 2.37 bits per heavy atom. The molecule has 1 fully saturated rings. The molecule has 0 spiro atoms. The third kappa shape index (κ3) is 2.80. The van der Waals surface area contributed by atoms with E-state index in [0.29, 0.717) is 12.4 Å². The van der Waals surface area contributed by atoms with Gasteiger partial charge in [-0.15, -0.1) is 0 Å². The number of hydrogen-bond donors (Lipinski definition) is 3. The molecular formula is C12H17ClN4O2. The highest BCUT2D eigenvalue weighted by Gasteiger charge is 2.38. The van der Waals surface area contributed by atoms with Crippen molar-refractivity contribution < 1.29 is 9.53 Å². The maximum absolute atomic E-state index is 12.3. The molecule has 1 aliphatic rings. The Morgan fingerprint density at radius 1 is 1.63 bits per heavy atom. The molecule has 0 saturated carbocycles. The number of hydrazine groups is 1. The van der Waals surface area contributed by atoms with E-state index >= 15 is 0 Å². The number of carbonyl (C=O) groups excluding carboxylic acids is 1. The number of halogens is 1. The first-order chi connectivity index (χ1) is 8.96. The fourth-order valence-electron chi connectivity index (χ4n) is 2.00. The van der Waals surface area contributed by atoms with E-state index in [1.165, 1.54) is 0 Å². The van der Waals surface area contributed by atoms with Gasteiger partial charge in [0, 0.05) is 6.61 Å². The minimum absolute atomic E-state index is 0.0500. The molecule has 4 N–H and O–H groups in total. The molecular weight excluding hydrogens is 268 g/mol. The van der Waals surface area contributed by atoms with Crippen molar-refractivity contribution in [1.29, 1.82) is 0 Å². The number of rotatable bonds is 3. The first kappa shape index (κ1) is 14.0. The molecule has 19 heavy (non-hydrogen) atoms. The van der Waals surface area contributed by atoms with E-state index in [1.807, 2.05) is 13.8 Å². The highest BCUT2D eigenvalue weighted by Crippen LogP contribution is 2.26. The molecule has 2 unspecified atom stereocenters. The minimum atomic E-state index is -0.408. The van der Waals surface area contributed by atoms with Crippen LogP contribution >= 0.6 is 11.6 Å². The monoisotopic (exact) mass is 284 g/mol. The van der Waals surface area contributed by atoms with Crippen LogP contribution in [0.3, 0.4) is 0 Å². The van der Waals surface area contributed by atoms with Gasteiger partial charge in [-0.1, -0.05) is 11.6 Å². The predicted molar refractivity (Wildman–Crippen MR) is 73.0 cm³/mol. The Labute approximate surface area is 116 Å². The van der Waals surface area contributed by atoms with Crippen LogP contribution in [0.2, 0.25) is 5.02 Å². The normalized spacial score (nSPS) is 26.2. The van der Waals surface area contributed by atoms with E-state index in [2.05, 4.69) is 15.7 Å². The lowest BCUT2D eigenvalue weighted by molar-refractivity contribution is 0.0724. The van der Waals surface area contributed by atoms with Gasteiger partial charge in [0.1, 0.15) is 11.5 Å². The molecule has 2 rings (SSSR count). The summed E-state index contributed by atoms with van der Waals surface area (Å²) in [5.74, 6) is 5.33. The molecule has 1 aromatic heterocycles. The summed E-state index contributed by atoms with van der Waals surface area (Å²) >= 11 is 5.99. The molecule has 0 bridgehead atoms. The van der Waals surface area contributed by atoms with Gasteiger partial charge in [-0.25, -0.2) is 10.8 Å². The second kappa shape index (κ2) is 5.32. The summed E-state index contributed by atoms with van der Waals surface area (Å²) in [7, 11) is 0. The fourth-order valence-corrected chi connectivity index (χ4v) is 2.19. The maximum Gasteiger partial charge on any atom is 0.272 e. The van der Waals surface area contributed by atoms with Crippen molar-refractivity contribution in [3.63, 3.8) is 0 Å². The summed E-state index contributed by atoms with van der Waals surface area (Å²) in [5.41, 5.74) is 2.13. The number of anilines is 1. The highest BCUT2D eigenvalue weighted by molar-refractivity contribution is 6.33. The van der Waals surface area contributed by atoms with E-state index in [4.69, 9.17) is 22.2 Å². The standard InChI is InChI=1S/C12H17ClN4O2/c1-7-12(2,5-6-19-7)16-11(18)10-8(13)3-4-9(15-10)17-14/h3-4,7H,5-6,14H2,1-2H3,(H,15,17)(H,16,18). The van der Waals surface area contributed by atoms with Crippen molar-refractivity contribution >= 4 is 23.3 Å². The first-order valence-electron chi connectivity index (χ1n) is 6.03. The maximum atomic E-state index is 12.3. The molecule has 1 saturated heterocycles. The number of nitrogens with one attached hydrogen (secondary N) is 2. The number of carbonyl (C=O) groups is 1. The topological polar surface area (TPSA) is 89.3 Å². The van der Waals surface area contributed by atoms with Crippen molar-refractivity contribution in [3.8, 4) is 0 Å². The zero-order chi connectivity index (χ0) is 14.0. The molecule has 1 aromatic rings. The number of nitrogens with two attached hydrogens (primary N) is 1. The lowest BCUT2D eigenvalue weighted by atomic mass is 9.94. The second-order valence-corrected chi connectivity index (χ2v) is 5.21. The van der Waals surface area contributed by atoms with Gasteiger partial charge in [0.25, 0.3) is 5.91 Å². The van der Waals surface area contributed by atoms with Crippen LogP contribution in [-0.2, 0) is 4.74 Å². The lowest BCUT2D eigenvalue weighted by Gasteiger charge is -2.28. The third-order valence-electron chi connectivity index (χ3n) is 3.49. The molecule has 6 nitrogen and oxygen atoms in total. The van der Waals surface area contributed by atoms with Gasteiger partial charge >= 0.3 is 0 Å². The van der Waals surface area contributed by atoms with E-state index in [9.17, 15) is 4.79 Å². The van der Waals surface area contributed by atoms with Crippen LogP contribution < -0.4 is 16.6 Å². The molecule has 1 aliphatic heterocycles. The molecule has 0 radical (unpaired) electrons. The smallest absolute Gasteiger partial charge is 0.272 e. The fraction of sp³-hybridized carbons (Fsp3) is 0.500. The summed E-state index contributed by atoms with van der Waals surface area (Å²) < 4.78 is 5.48. The summed E-state index contributed by atoms with van der Waals surface area (Å²) in [6.45, 7) is 4.51. The van der Waals surface area contributed by atoms with Crippen molar-refractivity contribution in [2.45, 2.75) is 31.9 Å². The number of hydrogen-bond acceptors (Lipinski definition) is 5. The van der Waals surface area contributed by atoms with Gasteiger partial charge in [0.05, 0.1) is 16.7 Å². The molecule has 104 valence electrons. The van der Waals surface area contributed by atoms with E-state index in [1.54, 1.807) is 12.1 Å². The number of nitrogens with zero attached hydrogens (tertiary/aromatic N) is 1. The van der Waals surface area contributed by atoms with E-state index in [0.717, 1.165) is 6.42 Å². The summed E-state index contributed by atoms with van der Waals surface area (Å²) in [6, 6.07) is 3.18. The summed E-state index contributed by atoms with van der Waals surface area (Å²) in [4.78, 5) is 16.3. The Morgan fingerprint density at radius 3 is 2.95 bits per heavy atom. The largest absolute Gasteiger partial charge is 0.376 e. The average molecular weight is 285 g/mol. The molecule has 7 heteroatoms. The Balaban J connectivity index is 2.20. The van der Waals surface area contributed by atoms with Crippen molar-refractivity contribution in [1.82, 2.24) is 10.3 Å². The van der Waals surface area contributed by atoms with Gasteiger partial charge < -0.3 is 15.5 Å².